The van der Waals surface area contributed by atoms with Gasteiger partial charge in [0.15, 0.2) is 0 Å². The Bertz CT molecular complexity index is 163. The molecule has 0 radical (unpaired) electrons. The summed E-state index contributed by atoms with van der Waals surface area (Å²) < 4.78 is 0. The van der Waals surface area contributed by atoms with Crippen molar-refractivity contribution < 1.29 is 9.59 Å². The fourth-order valence-corrected chi connectivity index (χ4v) is 1.07. The Morgan fingerprint density at radius 2 is 1.82 bits per heavy atom. The molecule has 0 heterocycles. The van der Waals surface area contributed by atoms with Crippen LogP contribution in [0.2, 0.25) is 0 Å². The van der Waals surface area contributed by atoms with Crippen LogP contribution in [0.15, 0.2) is 0 Å². The first kappa shape index (κ1) is 10.1. The zero-order valence-corrected chi connectivity index (χ0v) is 7.26. The van der Waals surface area contributed by atoms with Crippen molar-refractivity contribution >= 4 is 11.7 Å². The van der Waals surface area contributed by atoms with E-state index in [4.69, 9.17) is 5.73 Å². The second-order valence-corrected chi connectivity index (χ2v) is 3.13. The van der Waals surface area contributed by atoms with Crippen molar-refractivity contribution in [2.75, 3.05) is 0 Å². The van der Waals surface area contributed by atoms with Gasteiger partial charge in [-0.25, -0.2) is 0 Å². The summed E-state index contributed by atoms with van der Waals surface area (Å²) in [5.74, 6) is -0.370. The number of hydrogen-bond acceptors (Lipinski definition) is 2. The first-order chi connectivity index (χ1) is 4.95. The summed E-state index contributed by atoms with van der Waals surface area (Å²) in [5.41, 5.74) is 4.98. The maximum atomic E-state index is 10.9. The van der Waals surface area contributed by atoms with Crippen LogP contribution in [0, 0.1) is 11.8 Å². The van der Waals surface area contributed by atoms with E-state index in [1.165, 1.54) is 6.92 Å². The van der Waals surface area contributed by atoms with E-state index in [9.17, 15) is 9.59 Å². The van der Waals surface area contributed by atoms with Gasteiger partial charge in [0, 0.05) is 12.3 Å². The van der Waals surface area contributed by atoms with Crippen LogP contribution in [0.1, 0.15) is 27.2 Å². The molecule has 3 heteroatoms. The summed E-state index contributed by atoms with van der Waals surface area (Å²) in [7, 11) is 0. The molecule has 0 saturated heterocycles. The number of ketones is 1. The fraction of sp³-hybridized carbons (Fsp3) is 0.750. The van der Waals surface area contributed by atoms with E-state index in [0.29, 0.717) is 0 Å². The predicted molar refractivity (Wildman–Crippen MR) is 42.8 cm³/mol. The van der Waals surface area contributed by atoms with E-state index in [0.717, 1.165) is 0 Å². The molecule has 0 aliphatic heterocycles. The van der Waals surface area contributed by atoms with Crippen LogP contribution in [0.25, 0.3) is 0 Å². The van der Waals surface area contributed by atoms with E-state index in [-0.39, 0.29) is 24.0 Å². The highest BCUT2D eigenvalue weighted by atomic mass is 16.1. The molecule has 3 nitrogen and oxygen atoms in total. The van der Waals surface area contributed by atoms with Crippen LogP contribution < -0.4 is 5.73 Å². The van der Waals surface area contributed by atoms with E-state index in [1.54, 1.807) is 0 Å². The number of carbonyl (C=O) groups is 2. The third-order valence-corrected chi connectivity index (χ3v) is 1.75. The van der Waals surface area contributed by atoms with E-state index < -0.39 is 5.91 Å². The van der Waals surface area contributed by atoms with Gasteiger partial charge in [-0.15, -0.1) is 0 Å². The molecular weight excluding hydrogens is 142 g/mol. The summed E-state index contributed by atoms with van der Waals surface area (Å²) in [6.45, 7) is 5.32. The second-order valence-electron chi connectivity index (χ2n) is 3.13. The maximum absolute atomic E-state index is 10.9. The molecule has 0 bridgehead atoms. The van der Waals surface area contributed by atoms with Gasteiger partial charge in [-0.2, -0.15) is 0 Å². The lowest BCUT2D eigenvalue weighted by Crippen LogP contribution is -2.24. The molecule has 0 spiro atoms. The average molecular weight is 157 g/mol. The van der Waals surface area contributed by atoms with E-state index in [2.05, 4.69) is 0 Å². The minimum Gasteiger partial charge on any atom is -0.370 e. The van der Waals surface area contributed by atoms with Gasteiger partial charge in [0.1, 0.15) is 5.78 Å². The van der Waals surface area contributed by atoms with Crippen molar-refractivity contribution in [3.63, 3.8) is 0 Å². The van der Waals surface area contributed by atoms with Crippen LogP contribution in [0.4, 0.5) is 0 Å². The third kappa shape index (κ3) is 3.75. The van der Waals surface area contributed by atoms with Crippen LogP contribution in [0.3, 0.4) is 0 Å². The van der Waals surface area contributed by atoms with Crippen LogP contribution in [0.5, 0.6) is 0 Å². The standard InChI is InChI=1S/C8H15NO2/c1-5(2)7(6(3)10)4-8(9)11/h5,7H,4H2,1-3H3,(H2,9,11). The highest BCUT2D eigenvalue weighted by Crippen LogP contribution is 2.15. The van der Waals surface area contributed by atoms with Crippen LogP contribution in [-0.4, -0.2) is 11.7 Å². The van der Waals surface area contributed by atoms with E-state index in [1.807, 2.05) is 13.8 Å². The third-order valence-electron chi connectivity index (χ3n) is 1.75. The quantitative estimate of drug-likeness (QED) is 0.653. The smallest absolute Gasteiger partial charge is 0.218 e. The zero-order valence-electron chi connectivity index (χ0n) is 7.26. The maximum Gasteiger partial charge on any atom is 0.218 e. The Hall–Kier alpha value is -0.860. The number of Topliss-reactive ketones (excluding diaryl/α,β-unsaturated/α-hetero) is 1. The highest BCUT2D eigenvalue weighted by Gasteiger charge is 2.19. The van der Waals surface area contributed by atoms with Gasteiger partial charge < -0.3 is 5.73 Å². The highest BCUT2D eigenvalue weighted by molar-refractivity contribution is 5.84. The fourth-order valence-electron chi connectivity index (χ4n) is 1.07. The van der Waals surface area contributed by atoms with Gasteiger partial charge in [-0.1, -0.05) is 13.8 Å². The molecule has 0 aliphatic carbocycles. The van der Waals surface area contributed by atoms with Crippen molar-refractivity contribution in [3.05, 3.63) is 0 Å². The Kier molecular flexibility index (Phi) is 3.79. The molecule has 0 aromatic carbocycles. The van der Waals surface area contributed by atoms with E-state index >= 15 is 0 Å². The molecular formula is C8H15NO2. The van der Waals surface area contributed by atoms with Gasteiger partial charge in [-0.05, 0) is 12.8 Å². The van der Waals surface area contributed by atoms with Gasteiger partial charge >= 0.3 is 0 Å². The minimum atomic E-state index is -0.404. The Morgan fingerprint density at radius 1 is 1.36 bits per heavy atom. The van der Waals surface area contributed by atoms with Crippen molar-refractivity contribution in [2.45, 2.75) is 27.2 Å². The number of hydrogen-bond donors (Lipinski definition) is 1. The molecule has 64 valence electrons. The molecule has 0 fully saturated rings. The number of amides is 1. The normalized spacial score (nSPS) is 13.1. The molecule has 1 atom stereocenters. The Labute approximate surface area is 67.0 Å². The van der Waals surface area contributed by atoms with Crippen molar-refractivity contribution in [1.29, 1.82) is 0 Å². The SMILES string of the molecule is CC(=O)C(CC(N)=O)C(C)C. The molecule has 2 N–H and O–H groups in total. The molecule has 0 aliphatic rings. The monoisotopic (exact) mass is 157 g/mol. The summed E-state index contributed by atoms with van der Waals surface area (Å²) in [4.78, 5) is 21.4. The number of primary amides is 1. The summed E-state index contributed by atoms with van der Waals surface area (Å²) in [6.07, 6.45) is 0.174. The first-order valence-corrected chi connectivity index (χ1v) is 3.74. The number of rotatable bonds is 4. The van der Waals surface area contributed by atoms with Gasteiger partial charge in [0.25, 0.3) is 0 Å². The summed E-state index contributed by atoms with van der Waals surface area (Å²) in [6, 6.07) is 0. The topological polar surface area (TPSA) is 60.2 Å². The minimum absolute atomic E-state index is 0.0406. The van der Waals surface area contributed by atoms with Crippen molar-refractivity contribution in [1.82, 2.24) is 0 Å². The predicted octanol–water partition coefficient (Wildman–Crippen LogP) is 0.723. The lowest BCUT2D eigenvalue weighted by molar-refractivity contribution is -0.127. The van der Waals surface area contributed by atoms with Crippen molar-refractivity contribution in [3.8, 4) is 0 Å². The summed E-state index contributed by atoms with van der Waals surface area (Å²) in [5, 5.41) is 0. The zero-order chi connectivity index (χ0) is 9.02. The summed E-state index contributed by atoms with van der Waals surface area (Å²) >= 11 is 0. The molecule has 0 aromatic heterocycles. The largest absolute Gasteiger partial charge is 0.370 e. The lowest BCUT2D eigenvalue weighted by Gasteiger charge is -2.14. The average Bonchev–Trinajstić information content (AvgIpc) is 1.81. The lowest BCUT2D eigenvalue weighted by atomic mass is 9.89. The molecule has 0 aromatic rings. The molecule has 11 heavy (non-hydrogen) atoms. The number of carbonyl (C=O) groups excluding carboxylic acids is 2. The molecule has 0 saturated carbocycles. The van der Waals surface area contributed by atoms with Gasteiger partial charge in [0.2, 0.25) is 5.91 Å². The molecule has 1 amide bonds. The Morgan fingerprint density at radius 3 is 1.91 bits per heavy atom. The van der Waals surface area contributed by atoms with Gasteiger partial charge in [-0.3, -0.25) is 9.59 Å². The Balaban J connectivity index is 4.12. The second kappa shape index (κ2) is 4.11. The van der Waals surface area contributed by atoms with Crippen LogP contribution >= 0.6 is 0 Å². The molecule has 1 unspecified atom stereocenters. The van der Waals surface area contributed by atoms with Crippen LogP contribution in [-0.2, 0) is 9.59 Å². The van der Waals surface area contributed by atoms with Crippen molar-refractivity contribution in [2.24, 2.45) is 17.6 Å². The first-order valence-electron chi connectivity index (χ1n) is 3.74. The van der Waals surface area contributed by atoms with Gasteiger partial charge in [0.05, 0.1) is 0 Å². The molecule has 0 rings (SSSR count). The number of nitrogens with two attached hydrogens (primary N) is 1.